The number of anilines is 1. The highest BCUT2D eigenvalue weighted by Gasteiger charge is 2.17. The van der Waals surface area contributed by atoms with Gasteiger partial charge in [-0.2, -0.15) is 0 Å². The van der Waals surface area contributed by atoms with Gasteiger partial charge in [-0.15, -0.1) is 0 Å². The molecule has 0 amide bonds. The van der Waals surface area contributed by atoms with E-state index in [1.54, 1.807) is 17.8 Å². The summed E-state index contributed by atoms with van der Waals surface area (Å²) in [5.74, 6) is 1.00. The number of amidine groups is 1. The molecule has 23 heavy (non-hydrogen) atoms. The van der Waals surface area contributed by atoms with Crippen LogP contribution in [-0.2, 0) is 6.54 Å². The number of hydrogen-bond donors (Lipinski definition) is 1. The lowest BCUT2D eigenvalue weighted by molar-refractivity contribution is 0.769. The minimum Gasteiger partial charge on any atom is -0.280 e. The van der Waals surface area contributed by atoms with Gasteiger partial charge >= 0.3 is 0 Å². The summed E-state index contributed by atoms with van der Waals surface area (Å²) in [6, 6.07) is 14.1. The van der Waals surface area contributed by atoms with E-state index in [9.17, 15) is 0 Å². The summed E-state index contributed by atoms with van der Waals surface area (Å²) >= 11 is 14.3. The third-order valence-electron chi connectivity index (χ3n) is 3.46. The van der Waals surface area contributed by atoms with Crippen LogP contribution < -0.4 is 10.4 Å². The van der Waals surface area contributed by atoms with E-state index in [0.29, 0.717) is 16.6 Å². The largest absolute Gasteiger partial charge is 0.280 e. The van der Waals surface area contributed by atoms with Crippen molar-refractivity contribution in [2.45, 2.75) is 13.5 Å². The third-order valence-corrected chi connectivity index (χ3v) is 5.15. The molecule has 3 rings (SSSR count). The molecule has 0 saturated carbocycles. The Morgan fingerprint density at radius 1 is 1.22 bits per heavy atom. The number of benzene rings is 2. The predicted molar refractivity (Wildman–Crippen MR) is 102 cm³/mol. The molecule has 2 aromatic carbocycles. The number of thioether (sulfide) groups is 1. The standard InChI is InChI=1S/C17H17Cl2N3S/c1-12-4-2-5-13(10-12)11-22(21-17-20-8-9-23-17)15-7-3-6-14(18)16(15)19/h2-7,10H,8-9,11H2,1H3,(H,20,21). The second kappa shape index (κ2) is 7.47. The van der Waals surface area contributed by atoms with Crippen molar-refractivity contribution in [3.63, 3.8) is 0 Å². The topological polar surface area (TPSA) is 27.6 Å². The minimum absolute atomic E-state index is 0.540. The zero-order valence-electron chi connectivity index (χ0n) is 12.7. The second-order valence-corrected chi connectivity index (χ2v) is 7.16. The molecular formula is C17H17Cl2N3S. The van der Waals surface area contributed by atoms with Crippen LogP contribution in [0.2, 0.25) is 10.0 Å². The van der Waals surface area contributed by atoms with Gasteiger partial charge in [0.25, 0.3) is 0 Å². The third kappa shape index (κ3) is 4.14. The molecule has 6 heteroatoms. The molecule has 0 aromatic heterocycles. The maximum atomic E-state index is 6.41. The van der Waals surface area contributed by atoms with Crippen molar-refractivity contribution in [2.24, 2.45) is 4.99 Å². The van der Waals surface area contributed by atoms with Crippen molar-refractivity contribution < 1.29 is 0 Å². The van der Waals surface area contributed by atoms with E-state index in [1.165, 1.54) is 11.1 Å². The Balaban J connectivity index is 1.91. The van der Waals surface area contributed by atoms with Gasteiger partial charge in [0.1, 0.15) is 0 Å². The molecule has 0 aliphatic carbocycles. The lowest BCUT2D eigenvalue weighted by Gasteiger charge is -2.27. The fraction of sp³-hybridized carbons (Fsp3) is 0.235. The molecule has 0 radical (unpaired) electrons. The van der Waals surface area contributed by atoms with E-state index >= 15 is 0 Å². The van der Waals surface area contributed by atoms with Crippen LogP contribution in [0.15, 0.2) is 47.5 Å². The van der Waals surface area contributed by atoms with Gasteiger partial charge in [0.05, 0.1) is 28.8 Å². The summed E-state index contributed by atoms with van der Waals surface area (Å²) in [5, 5.41) is 3.99. The molecular weight excluding hydrogens is 349 g/mol. The first-order chi connectivity index (χ1) is 11.1. The highest BCUT2D eigenvalue weighted by Crippen LogP contribution is 2.32. The van der Waals surface area contributed by atoms with Crippen molar-refractivity contribution in [2.75, 3.05) is 17.3 Å². The molecule has 2 aromatic rings. The number of nitrogens with one attached hydrogen (secondary N) is 1. The van der Waals surface area contributed by atoms with Gasteiger partial charge in [0.2, 0.25) is 0 Å². The Morgan fingerprint density at radius 3 is 2.78 bits per heavy atom. The Labute approximate surface area is 150 Å². The summed E-state index contributed by atoms with van der Waals surface area (Å²) in [5.41, 5.74) is 6.64. The average Bonchev–Trinajstić information content (AvgIpc) is 3.02. The highest BCUT2D eigenvalue weighted by molar-refractivity contribution is 8.14. The van der Waals surface area contributed by atoms with Gasteiger partial charge in [0, 0.05) is 5.75 Å². The van der Waals surface area contributed by atoms with Crippen molar-refractivity contribution >= 4 is 45.8 Å². The number of rotatable bonds is 4. The van der Waals surface area contributed by atoms with Crippen LogP contribution >= 0.6 is 35.0 Å². The number of aliphatic imine (C=N–C) groups is 1. The van der Waals surface area contributed by atoms with Crippen LogP contribution in [0.4, 0.5) is 5.69 Å². The van der Waals surface area contributed by atoms with Crippen molar-refractivity contribution in [1.82, 2.24) is 5.43 Å². The van der Waals surface area contributed by atoms with Gasteiger partial charge in [-0.05, 0) is 24.6 Å². The van der Waals surface area contributed by atoms with Crippen molar-refractivity contribution in [3.8, 4) is 0 Å². The van der Waals surface area contributed by atoms with Gasteiger partial charge < -0.3 is 0 Å². The molecule has 0 atom stereocenters. The molecule has 1 aliphatic heterocycles. The van der Waals surface area contributed by atoms with E-state index in [-0.39, 0.29) is 0 Å². The summed E-state index contributed by atoms with van der Waals surface area (Å²) in [4.78, 5) is 4.46. The van der Waals surface area contributed by atoms with E-state index in [2.05, 4.69) is 41.6 Å². The molecule has 0 fully saturated rings. The maximum Gasteiger partial charge on any atom is 0.175 e. The van der Waals surface area contributed by atoms with Gasteiger partial charge in [-0.25, -0.2) is 0 Å². The zero-order chi connectivity index (χ0) is 16.2. The summed E-state index contributed by atoms with van der Waals surface area (Å²) < 4.78 is 0. The number of hydrogen-bond acceptors (Lipinski definition) is 4. The smallest absolute Gasteiger partial charge is 0.175 e. The normalized spacial score (nSPS) is 13.8. The number of aryl methyl sites for hydroxylation is 1. The van der Waals surface area contributed by atoms with Crippen LogP contribution in [0.1, 0.15) is 11.1 Å². The van der Waals surface area contributed by atoms with Crippen LogP contribution in [-0.4, -0.2) is 17.5 Å². The number of halogens is 2. The Hall–Kier alpha value is -1.36. The summed E-state index contributed by atoms with van der Waals surface area (Å²) in [6.07, 6.45) is 0. The van der Waals surface area contributed by atoms with Crippen LogP contribution in [0.3, 0.4) is 0 Å². The molecule has 1 aliphatic rings. The SMILES string of the molecule is Cc1cccc(CN(NC2=NCCS2)c2cccc(Cl)c2Cl)c1. The number of nitrogens with zero attached hydrogens (tertiary/aromatic N) is 2. The minimum atomic E-state index is 0.540. The second-order valence-electron chi connectivity index (χ2n) is 5.30. The maximum absolute atomic E-state index is 6.41. The Morgan fingerprint density at radius 2 is 2.04 bits per heavy atom. The van der Waals surface area contributed by atoms with Crippen molar-refractivity contribution in [3.05, 3.63) is 63.6 Å². The van der Waals surface area contributed by atoms with E-state index in [4.69, 9.17) is 23.2 Å². The zero-order valence-corrected chi connectivity index (χ0v) is 15.0. The Bertz CT molecular complexity index is 734. The van der Waals surface area contributed by atoms with Gasteiger partial charge in [0.15, 0.2) is 5.17 Å². The molecule has 0 unspecified atom stereocenters. The first-order valence-electron chi connectivity index (χ1n) is 7.34. The fourth-order valence-electron chi connectivity index (χ4n) is 2.40. The lowest BCUT2D eigenvalue weighted by atomic mass is 10.1. The quantitative estimate of drug-likeness (QED) is 0.779. The predicted octanol–water partition coefficient (Wildman–Crippen LogP) is 4.92. The highest BCUT2D eigenvalue weighted by atomic mass is 35.5. The van der Waals surface area contributed by atoms with E-state index in [1.807, 2.05) is 17.1 Å². The van der Waals surface area contributed by atoms with E-state index in [0.717, 1.165) is 23.2 Å². The first-order valence-corrected chi connectivity index (χ1v) is 9.08. The molecule has 3 nitrogen and oxygen atoms in total. The lowest BCUT2D eigenvalue weighted by Crippen LogP contribution is -2.40. The molecule has 0 saturated heterocycles. The van der Waals surface area contributed by atoms with Gasteiger partial charge in [-0.3, -0.25) is 15.4 Å². The molecule has 0 spiro atoms. The molecule has 1 N–H and O–H groups in total. The van der Waals surface area contributed by atoms with Crippen LogP contribution in [0, 0.1) is 6.92 Å². The molecule has 120 valence electrons. The van der Waals surface area contributed by atoms with E-state index < -0.39 is 0 Å². The average molecular weight is 366 g/mol. The monoisotopic (exact) mass is 365 g/mol. The van der Waals surface area contributed by atoms with Crippen LogP contribution in [0.25, 0.3) is 0 Å². The number of hydrazine groups is 1. The van der Waals surface area contributed by atoms with Crippen LogP contribution in [0.5, 0.6) is 0 Å². The molecule has 0 bridgehead atoms. The summed E-state index contributed by atoms with van der Waals surface area (Å²) in [6.45, 7) is 3.60. The fourth-order valence-corrected chi connectivity index (χ4v) is 3.53. The van der Waals surface area contributed by atoms with Crippen molar-refractivity contribution in [1.29, 1.82) is 0 Å². The summed E-state index contributed by atoms with van der Waals surface area (Å²) in [7, 11) is 0. The van der Waals surface area contributed by atoms with Gasteiger partial charge in [-0.1, -0.05) is 70.9 Å². The molecule has 1 heterocycles. The Kier molecular flexibility index (Phi) is 5.36. The first kappa shape index (κ1) is 16.5.